The van der Waals surface area contributed by atoms with Gasteiger partial charge in [0, 0.05) is 18.8 Å². The van der Waals surface area contributed by atoms with Crippen LogP contribution in [-0.4, -0.2) is 26.3 Å². The van der Waals surface area contributed by atoms with Crippen LogP contribution >= 0.6 is 0 Å². The number of benzene rings is 1. The molecule has 0 saturated carbocycles. The highest BCUT2D eigenvalue weighted by Crippen LogP contribution is 2.30. The summed E-state index contributed by atoms with van der Waals surface area (Å²) in [5.41, 5.74) is 5.21. The van der Waals surface area contributed by atoms with Crippen molar-refractivity contribution in [2.45, 2.75) is 25.1 Å². The van der Waals surface area contributed by atoms with E-state index >= 15 is 0 Å². The van der Waals surface area contributed by atoms with E-state index in [-0.39, 0.29) is 6.04 Å². The molecule has 1 aromatic carbocycles. The lowest BCUT2D eigenvalue weighted by atomic mass is 10.1. The zero-order valence-corrected chi connectivity index (χ0v) is 10.8. The van der Waals surface area contributed by atoms with Crippen LogP contribution in [-0.2, 0) is 10.9 Å². The van der Waals surface area contributed by atoms with Crippen molar-refractivity contribution in [2.24, 2.45) is 5.73 Å². The van der Waals surface area contributed by atoms with Gasteiger partial charge in [0.1, 0.15) is 0 Å². The maximum absolute atomic E-state index is 12.6. The van der Waals surface area contributed by atoms with Crippen LogP contribution in [0.4, 0.5) is 18.9 Å². The van der Waals surface area contributed by atoms with Crippen LogP contribution in [0, 0.1) is 0 Å². The number of anilines is 1. The van der Waals surface area contributed by atoms with E-state index in [9.17, 15) is 13.2 Å². The Morgan fingerprint density at radius 3 is 2.68 bits per heavy atom. The third kappa shape index (κ3) is 5.48. The molecule has 1 rings (SSSR count). The Kier molecular flexibility index (Phi) is 6.11. The maximum atomic E-state index is 12.6. The van der Waals surface area contributed by atoms with Crippen molar-refractivity contribution < 1.29 is 17.9 Å². The zero-order chi connectivity index (χ0) is 14.3. The summed E-state index contributed by atoms with van der Waals surface area (Å²) >= 11 is 0. The van der Waals surface area contributed by atoms with Crippen LogP contribution in [0.15, 0.2) is 24.3 Å². The van der Waals surface area contributed by atoms with Gasteiger partial charge in [-0.2, -0.15) is 13.2 Å². The topological polar surface area (TPSA) is 47.3 Å². The van der Waals surface area contributed by atoms with Gasteiger partial charge < -0.3 is 15.8 Å². The Hall–Kier alpha value is -1.27. The minimum Gasteiger partial charge on any atom is -0.383 e. The molecule has 3 nitrogen and oxygen atoms in total. The van der Waals surface area contributed by atoms with Gasteiger partial charge in [-0.1, -0.05) is 6.07 Å². The van der Waals surface area contributed by atoms with E-state index in [4.69, 9.17) is 10.5 Å². The largest absolute Gasteiger partial charge is 0.416 e. The first-order valence-electron chi connectivity index (χ1n) is 6.10. The molecule has 0 amide bonds. The summed E-state index contributed by atoms with van der Waals surface area (Å²) in [6, 6.07) is 5.11. The molecular formula is C13H19F3N2O. The van der Waals surface area contributed by atoms with Crippen molar-refractivity contribution in [3.63, 3.8) is 0 Å². The molecule has 0 radical (unpaired) electrons. The lowest BCUT2D eigenvalue weighted by molar-refractivity contribution is -0.137. The molecule has 1 atom stereocenters. The number of nitrogens with two attached hydrogens (primary N) is 1. The lowest BCUT2D eigenvalue weighted by Crippen LogP contribution is -2.26. The Balaban J connectivity index is 2.73. The van der Waals surface area contributed by atoms with Crippen LogP contribution in [0.2, 0.25) is 0 Å². The first kappa shape index (κ1) is 15.8. The Bertz CT molecular complexity index is 382. The van der Waals surface area contributed by atoms with E-state index in [0.717, 1.165) is 25.0 Å². The third-order valence-electron chi connectivity index (χ3n) is 2.69. The van der Waals surface area contributed by atoms with E-state index in [0.29, 0.717) is 18.8 Å². The molecule has 0 spiro atoms. The van der Waals surface area contributed by atoms with Gasteiger partial charge in [0.15, 0.2) is 0 Å². The minimum atomic E-state index is -4.33. The number of nitrogens with one attached hydrogen (secondary N) is 1. The Labute approximate surface area is 110 Å². The summed E-state index contributed by atoms with van der Waals surface area (Å²) in [6.45, 7) is 0.973. The first-order valence-corrected chi connectivity index (χ1v) is 6.10. The average molecular weight is 276 g/mol. The second-order valence-corrected chi connectivity index (χ2v) is 4.31. The molecule has 6 heteroatoms. The SMILES string of the molecule is COCC(CCCN)Nc1cccc(C(F)(F)F)c1. The lowest BCUT2D eigenvalue weighted by Gasteiger charge is -2.19. The highest BCUT2D eigenvalue weighted by molar-refractivity contribution is 5.47. The van der Waals surface area contributed by atoms with Crippen LogP contribution in [0.3, 0.4) is 0 Å². The second kappa shape index (κ2) is 7.35. The average Bonchev–Trinajstić information content (AvgIpc) is 2.35. The number of halogens is 3. The molecule has 1 aromatic rings. The van der Waals surface area contributed by atoms with Gasteiger partial charge in [0.05, 0.1) is 12.2 Å². The van der Waals surface area contributed by atoms with Gasteiger partial charge in [-0.25, -0.2) is 0 Å². The molecule has 0 bridgehead atoms. The summed E-state index contributed by atoms with van der Waals surface area (Å²) < 4.78 is 42.8. The van der Waals surface area contributed by atoms with E-state index < -0.39 is 11.7 Å². The van der Waals surface area contributed by atoms with Crippen LogP contribution < -0.4 is 11.1 Å². The molecule has 0 heterocycles. The Morgan fingerprint density at radius 1 is 1.37 bits per heavy atom. The fourth-order valence-corrected chi connectivity index (χ4v) is 1.78. The van der Waals surface area contributed by atoms with Crippen LogP contribution in [0.5, 0.6) is 0 Å². The second-order valence-electron chi connectivity index (χ2n) is 4.31. The van der Waals surface area contributed by atoms with Crippen molar-refractivity contribution >= 4 is 5.69 Å². The number of rotatable bonds is 7. The predicted molar refractivity (Wildman–Crippen MR) is 69.0 cm³/mol. The minimum absolute atomic E-state index is 0.0444. The number of hydrogen-bond acceptors (Lipinski definition) is 3. The Morgan fingerprint density at radius 2 is 2.11 bits per heavy atom. The highest BCUT2D eigenvalue weighted by Gasteiger charge is 2.30. The smallest absolute Gasteiger partial charge is 0.383 e. The van der Waals surface area contributed by atoms with E-state index in [1.54, 1.807) is 13.2 Å². The summed E-state index contributed by atoms with van der Waals surface area (Å²) in [5, 5.41) is 3.05. The summed E-state index contributed by atoms with van der Waals surface area (Å²) in [5.74, 6) is 0. The van der Waals surface area contributed by atoms with Gasteiger partial charge >= 0.3 is 6.18 Å². The van der Waals surface area contributed by atoms with Gasteiger partial charge in [-0.05, 0) is 37.6 Å². The molecule has 0 saturated heterocycles. The maximum Gasteiger partial charge on any atom is 0.416 e. The molecule has 0 fully saturated rings. The molecule has 0 aliphatic carbocycles. The number of methoxy groups -OCH3 is 1. The number of ether oxygens (including phenoxy) is 1. The van der Waals surface area contributed by atoms with Gasteiger partial charge in [0.25, 0.3) is 0 Å². The molecule has 3 N–H and O–H groups in total. The predicted octanol–water partition coefficient (Wildman–Crippen LogP) is 2.87. The summed E-state index contributed by atoms with van der Waals surface area (Å²) in [6.07, 6.45) is -2.79. The summed E-state index contributed by atoms with van der Waals surface area (Å²) in [4.78, 5) is 0. The molecule has 108 valence electrons. The zero-order valence-electron chi connectivity index (χ0n) is 10.8. The molecule has 0 aliphatic rings. The van der Waals surface area contributed by atoms with Crippen molar-refractivity contribution in [3.8, 4) is 0 Å². The van der Waals surface area contributed by atoms with Crippen LogP contribution in [0.25, 0.3) is 0 Å². The van der Waals surface area contributed by atoms with E-state index in [1.165, 1.54) is 6.07 Å². The quantitative estimate of drug-likeness (QED) is 0.805. The van der Waals surface area contributed by atoms with Gasteiger partial charge in [-0.3, -0.25) is 0 Å². The monoisotopic (exact) mass is 276 g/mol. The van der Waals surface area contributed by atoms with E-state index in [2.05, 4.69) is 5.32 Å². The molecule has 19 heavy (non-hydrogen) atoms. The van der Waals surface area contributed by atoms with Crippen LogP contribution in [0.1, 0.15) is 18.4 Å². The van der Waals surface area contributed by atoms with Crippen molar-refractivity contribution in [2.75, 3.05) is 25.6 Å². The van der Waals surface area contributed by atoms with Crippen molar-refractivity contribution in [1.82, 2.24) is 0 Å². The molecule has 0 aromatic heterocycles. The molecular weight excluding hydrogens is 257 g/mol. The summed E-state index contributed by atoms with van der Waals surface area (Å²) in [7, 11) is 1.56. The normalized spacial score (nSPS) is 13.3. The molecule has 1 unspecified atom stereocenters. The fraction of sp³-hybridized carbons (Fsp3) is 0.538. The van der Waals surface area contributed by atoms with E-state index in [1.807, 2.05) is 0 Å². The molecule has 0 aliphatic heterocycles. The van der Waals surface area contributed by atoms with Crippen molar-refractivity contribution in [3.05, 3.63) is 29.8 Å². The van der Waals surface area contributed by atoms with Gasteiger partial charge in [-0.15, -0.1) is 0 Å². The van der Waals surface area contributed by atoms with Gasteiger partial charge in [0.2, 0.25) is 0 Å². The fourth-order valence-electron chi connectivity index (χ4n) is 1.78. The number of alkyl halides is 3. The third-order valence-corrected chi connectivity index (χ3v) is 2.69. The number of hydrogen-bond donors (Lipinski definition) is 2. The van der Waals surface area contributed by atoms with Crippen molar-refractivity contribution in [1.29, 1.82) is 0 Å². The first-order chi connectivity index (χ1) is 8.97. The highest BCUT2D eigenvalue weighted by atomic mass is 19.4. The standard InChI is InChI=1S/C13H19F3N2O/c1-19-9-12(6-3-7-17)18-11-5-2-4-10(8-11)13(14,15)16/h2,4-5,8,12,18H,3,6-7,9,17H2,1H3.